The van der Waals surface area contributed by atoms with Gasteiger partial charge in [-0.15, -0.1) is 0 Å². The number of allylic oxidation sites excluding steroid dienone is 2. The Labute approximate surface area is 310 Å². The zero-order valence-electron chi connectivity index (χ0n) is 32.5. The molecule has 4 aliphatic rings. The SMILES string of the molecule is C=CC1=C(N=C)N2c3ccccc3C(C)(C)c3cccc(c32)C1(C)C.CC.CC1(C)c2ccccc2N2c3ncncc3C(C)(C)c3cccc1c32. The van der Waals surface area contributed by atoms with Crippen molar-refractivity contribution in [3.8, 4) is 0 Å². The molecule has 4 aromatic carbocycles. The van der Waals surface area contributed by atoms with Crippen molar-refractivity contribution >= 4 is 35.3 Å². The lowest BCUT2D eigenvalue weighted by molar-refractivity contribution is 0.585. The summed E-state index contributed by atoms with van der Waals surface area (Å²) >= 11 is 0. The Kier molecular flexibility index (Phi) is 8.21. The highest BCUT2D eigenvalue weighted by atomic mass is 15.3. The quantitative estimate of drug-likeness (QED) is 0.174. The fourth-order valence-corrected chi connectivity index (χ4v) is 9.09. The first-order valence-corrected chi connectivity index (χ1v) is 18.5. The van der Waals surface area contributed by atoms with Crippen LogP contribution in [0.25, 0.3) is 0 Å². The molecule has 1 aromatic heterocycles. The summed E-state index contributed by atoms with van der Waals surface area (Å²) in [5.41, 5.74) is 14.9. The van der Waals surface area contributed by atoms with E-state index in [2.05, 4.69) is 173 Å². The van der Waals surface area contributed by atoms with Gasteiger partial charge in [-0.1, -0.05) is 155 Å². The third kappa shape index (κ3) is 4.64. The number of hydrogen-bond donors (Lipinski definition) is 0. The van der Waals surface area contributed by atoms with Gasteiger partial charge in [0, 0.05) is 39.0 Å². The Balaban J connectivity index is 0.000000155. The van der Waals surface area contributed by atoms with Crippen LogP contribution >= 0.6 is 0 Å². The first kappa shape index (κ1) is 35.1. The molecule has 0 aliphatic carbocycles. The molecule has 9 rings (SSSR count). The van der Waals surface area contributed by atoms with Crippen LogP contribution in [-0.4, -0.2) is 16.7 Å². The second kappa shape index (κ2) is 12.2. The van der Waals surface area contributed by atoms with Gasteiger partial charge in [0.25, 0.3) is 0 Å². The van der Waals surface area contributed by atoms with Crippen molar-refractivity contribution in [3.63, 3.8) is 0 Å². The van der Waals surface area contributed by atoms with Crippen LogP contribution in [0, 0.1) is 0 Å². The number of hydrogen-bond acceptors (Lipinski definition) is 5. The van der Waals surface area contributed by atoms with E-state index < -0.39 is 0 Å². The molecule has 0 amide bonds. The minimum absolute atomic E-state index is 0.0426. The maximum Gasteiger partial charge on any atom is 0.145 e. The monoisotopic (exact) mass is 685 g/mol. The first-order valence-electron chi connectivity index (χ1n) is 18.5. The summed E-state index contributed by atoms with van der Waals surface area (Å²) in [5, 5.41) is 0. The van der Waals surface area contributed by atoms with Crippen molar-refractivity contribution in [2.45, 2.75) is 90.9 Å². The van der Waals surface area contributed by atoms with Crippen LogP contribution in [0.1, 0.15) is 108 Å². The minimum Gasteiger partial charge on any atom is -0.294 e. The van der Waals surface area contributed by atoms with E-state index in [0.29, 0.717) is 0 Å². The van der Waals surface area contributed by atoms with E-state index in [1.807, 2.05) is 26.1 Å². The van der Waals surface area contributed by atoms with Crippen LogP contribution in [0.2, 0.25) is 0 Å². The van der Waals surface area contributed by atoms with E-state index in [-0.39, 0.29) is 21.7 Å². The number of fused-ring (bicyclic) bond motifs is 6. The summed E-state index contributed by atoms with van der Waals surface area (Å²) in [6.45, 7) is 30.2. The smallest absolute Gasteiger partial charge is 0.145 e. The van der Waals surface area contributed by atoms with Gasteiger partial charge in [-0.25, -0.2) is 15.0 Å². The number of nitrogens with zero attached hydrogens (tertiary/aromatic N) is 5. The van der Waals surface area contributed by atoms with Gasteiger partial charge in [-0.2, -0.15) is 0 Å². The molecular formula is C47H51N5. The summed E-state index contributed by atoms with van der Waals surface area (Å²) in [5.74, 6) is 1.89. The summed E-state index contributed by atoms with van der Waals surface area (Å²) in [7, 11) is 0. The zero-order valence-corrected chi connectivity index (χ0v) is 32.5. The predicted octanol–water partition coefficient (Wildman–Crippen LogP) is 12.1. The normalized spacial score (nSPS) is 18.0. The van der Waals surface area contributed by atoms with Gasteiger partial charge < -0.3 is 0 Å². The third-order valence-corrected chi connectivity index (χ3v) is 11.9. The lowest BCUT2D eigenvalue weighted by Gasteiger charge is -2.48. The number of benzene rings is 4. The molecule has 5 aromatic rings. The van der Waals surface area contributed by atoms with Gasteiger partial charge in [0.1, 0.15) is 18.0 Å². The fraction of sp³-hybridized carbons (Fsp3) is 0.298. The van der Waals surface area contributed by atoms with E-state index >= 15 is 0 Å². The van der Waals surface area contributed by atoms with Gasteiger partial charge in [-0.3, -0.25) is 9.80 Å². The molecule has 0 atom stereocenters. The average Bonchev–Trinajstić information content (AvgIpc) is 3.15. The van der Waals surface area contributed by atoms with Crippen LogP contribution in [0.5, 0.6) is 0 Å². The van der Waals surface area contributed by atoms with Crippen LogP contribution in [0.4, 0.5) is 28.6 Å². The fourth-order valence-electron chi connectivity index (χ4n) is 9.09. The summed E-state index contributed by atoms with van der Waals surface area (Å²) < 4.78 is 0. The number of anilines is 5. The highest BCUT2D eigenvalue weighted by Gasteiger charge is 2.47. The second-order valence-corrected chi connectivity index (χ2v) is 16.0. The van der Waals surface area contributed by atoms with Gasteiger partial charge in [0.15, 0.2) is 0 Å². The zero-order chi connectivity index (χ0) is 37.4. The highest BCUT2D eigenvalue weighted by molar-refractivity contribution is 5.91. The molecule has 0 N–H and O–H groups in total. The third-order valence-electron chi connectivity index (χ3n) is 11.9. The summed E-state index contributed by atoms with van der Waals surface area (Å²) in [4.78, 5) is 18.1. The first-order chi connectivity index (χ1) is 24.8. The standard InChI is InChI=1S/C23H24N2.C22H21N3.C2H6/c1-7-15-21(24-6)25-19-14-9-8-11-16(19)23(4,5)18-13-10-12-17(20(18)25)22(15,2)3;1-21(2)14-8-5-6-11-18(14)25-19-15(21)9-7-10-16(19)22(3,4)17-12-23-13-24-20(17)25;1-2/h7-14H,1,6H2,2-5H3;5-13H,1-4H3;1-2H3. The van der Waals surface area contributed by atoms with E-state index in [1.165, 1.54) is 61.7 Å². The predicted molar refractivity (Wildman–Crippen MR) is 219 cm³/mol. The molecule has 4 aliphatic heterocycles. The Hall–Kier alpha value is -5.29. The molecule has 0 saturated carbocycles. The maximum absolute atomic E-state index is 4.70. The molecule has 0 fully saturated rings. The molecule has 0 saturated heterocycles. The van der Waals surface area contributed by atoms with Crippen LogP contribution in [0.15, 0.2) is 126 Å². The molecule has 0 unspecified atom stereocenters. The molecule has 5 heterocycles. The Morgan fingerprint density at radius 1 is 0.558 bits per heavy atom. The van der Waals surface area contributed by atoms with Gasteiger partial charge in [0.2, 0.25) is 0 Å². The van der Waals surface area contributed by atoms with Gasteiger partial charge in [-0.05, 0) is 52.2 Å². The molecule has 5 heteroatoms. The van der Waals surface area contributed by atoms with E-state index in [9.17, 15) is 0 Å². The van der Waals surface area contributed by atoms with Crippen molar-refractivity contribution in [1.29, 1.82) is 0 Å². The Morgan fingerprint density at radius 2 is 0.981 bits per heavy atom. The highest BCUT2D eigenvalue weighted by Crippen LogP contribution is 2.60. The lowest BCUT2D eigenvalue weighted by Crippen LogP contribution is -2.39. The van der Waals surface area contributed by atoms with Crippen molar-refractivity contribution in [2.24, 2.45) is 4.99 Å². The molecule has 0 spiro atoms. The van der Waals surface area contributed by atoms with Crippen molar-refractivity contribution in [2.75, 3.05) is 9.80 Å². The van der Waals surface area contributed by atoms with Gasteiger partial charge >= 0.3 is 0 Å². The number of aliphatic imine (C=N–C) groups is 1. The van der Waals surface area contributed by atoms with Gasteiger partial charge in [0.05, 0.1) is 22.7 Å². The van der Waals surface area contributed by atoms with E-state index in [4.69, 9.17) is 4.98 Å². The largest absolute Gasteiger partial charge is 0.294 e. The van der Waals surface area contributed by atoms with E-state index in [0.717, 1.165) is 17.2 Å². The summed E-state index contributed by atoms with van der Waals surface area (Å²) in [6, 6.07) is 30.7. The number of aromatic nitrogens is 2. The van der Waals surface area contributed by atoms with Crippen molar-refractivity contribution in [1.82, 2.24) is 9.97 Å². The molecule has 52 heavy (non-hydrogen) atoms. The van der Waals surface area contributed by atoms with Crippen molar-refractivity contribution in [3.05, 3.63) is 160 Å². The Bertz CT molecular complexity index is 2210. The van der Waals surface area contributed by atoms with Crippen molar-refractivity contribution < 1.29 is 0 Å². The topological polar surface area (TPSA) is 44.6 Å². The molecule has 264 valence electrons. The van der Waals surface area contributed by atoms with Crippen LogP contribution in [-0.2, 0) is 21.7 Å². The van der Waals surface area contributed by atoms with Crippen LogP contribution < -0.4 is 9.80 Å². The molecule has 5 nitrogen and oxygen atoms in total. The molecule has 0 radical (unpaired) electrons. The number of rotatable bonds is 2. The lowest BCUT2D eigenvalue weighted by atomic mass is 9.67. The average molecular weight is 686 g/mol. The van der Waals surface area contributed by atoms with E-state index in [1.54, 1.807) is 6.33 Å². The minimum atomic E-state index is -0.164. The maximum atomic E-state index is 4.70. The van der Waals surface area contributed by atoms with Crippen LogP contribution in [0.3, 0.4) is 0 Å². The summed E-state index contributed by atoms with van der Waals surface area (Å²) in [6.07, 6.45) is 5.56. The Morgan fingerprint density at radius 3 is 1.48 bits per heavy atom. The second-order valence-electron chi connectivity index (χ2n) is 16.0. The molecular weight excluding hydrogens is 635 g/mol. The molecule has 0 bridgehead atoms. The number of para-hydroxylation sites is 4.